The summed E-state index contributed by atoms with van der Waals surface area (Å²) in [6.07, 6.45) is 4.36. The van der Waals surface area contributed by atoms with E-state index in [1.807, 2.05) is 7.05 Å². The van der Waals surface area contributed by atoms with E-state index >= 15 is 0 Å². The van der Waals surface area contributed by atoms with Crippen molar-refractivity contribution in [2.24, 2.45) is 10.9 Å². The third kappa shape index (κ3) is 7.75. The second kappa shape index (κ2) is 12.7. The Morgan fingerprint density at radius 3 is 2.69 bits per heavy atom. The molecule has 0 bridgehead atoms. The first kappa shape index (κ1) is 20.7. The molecular formula is C21H35N3O2. The second-order valence-corrected chi connectivity index (χ2v) is 6.88. The van der Waals surface area contributed by atoms with Gasteiger partial charge < -0.3 is 20.1 Å². The fourth-order valence-electron chi connectivity index (χ4n) is 3.21. The van der Waals surface area contributed by atoms with Gasteiger partial charge in [0.1, 0.15) is 0 Å². The van der Waals surface area contributed by atoms with Crippen LogP contribution in [0.4, 0.5) is 0 Å². The molecule has 1 aliphatic heterocycles. The Kier molecular flexibility index (Phi) is 10.1. The molecule has 1 fully saturated rings. The van der Waals surface area contributed by atoms with Crippen molar-refractivity contribution < 1.29 is 9.47 Å². The number of hydrogen-bond acceptors (Lipinski definition) is 3. The molecule has 1 aromatic carbocycles. The normalized spacial score (nSPS) is 17.1. The minimum atomic E-state index is 0.498. The maximum Gasteiger partial charge on any atom is 0.190 e. The molecule has 1 heterocycles. The maximum atomic E-state index is 5.81. The Balaban J connectivity index is 1.57. The van der Waals surface area contributed by atoms with Crippen LogP contribution in [0.3, 0.4) is 0 Å². The van der Waals surface area contributed by atoms with E-state index in [9.17, 15) is 0 Å². The predicted octanol–water partition coefficient (Wildman–Crippen LogP) is 3.18. The SMILES string of the molecule is CCC(CNC(=NC)NCCCOCC1CCOCC1)c1ccccc1. The summed E-state index contributed by atoms with van der Waals surface area (Å²) in [5.74, 6) is 2.04. The van der Waals surface area contributed by atoms with Gasteiger partial charge >= 0.3 is 0 Å². The number of guanidine groups is 1. The molecule has 1 atom stereocenters. The van der Waals surface area contributed by atoms with E-state index in [2.05, 4.69) is 52.9 Å². The number of rotatable bonds is 10. The van der Waals surface area contributed by atoms with Crippen molar-refractivity contribution in [3.8, 4) is 0 Å². The van der Waals surface area contributed by atoms with Crippen molar-refractivity contribution >= 4 is 5.96 Å². The van der Waals surface area contributed by atoms with Crippen LogP contribution in [-0.4, -0.2) is 52.5 Å². The monoisotopic (exact) mass is 361 g/mol. The minimum Gasteiger partial charge on any atom is -0.381 e. The molecule has 0 aliphatic carbocycles. The summed E-state index contributed by atoms with van der Waals surface area (Å²) in [6.45, 7) is 7.43. The molecule has 5 nitrogen and oxygen atoms in total. The first-order chi connectivity index (χ1) is 12.8. The lowest BCUT2D eigenvalue weighted by Gasteiger charge is -2.21. The first-order valence-electron chi connectivity index (χ1n) is 9.98. The van der Waals surface area contributed by atoms with Gasteiger partial charge in [-0.3, -0.25) is 4.99 Å². The largest absolute Gasteiger partial charge is 0.381 e. The average molecular weight is 362 g/mol. The fourth-order valence-corrected chi connectivity index (χ4v) is 3.21. The Labute approximate surface area is 158 Å². The molecule has 5 heteroatoms. The number of nitrogens with zero attached hydrogens (tertiary/aromatic N) is 1. The highest BCUT2D eigenvalue weighted by molar-refractivity contribution is 5.79. The molecule has 2 rings (SSSR count). The highest BCUT2D eigenvalue weighted by Crippen LogP contribution is 2.17. The third-order valence-corrected chi connectivity index (χ3v) is 4.96. The van der Waals surface area contributed by atoms with Crippen LogP contribution in [0.15, 0.2) is 35.3 Å². The van der Waals surface area contributed by atoms with Crippen LogP contribution in [0, 0.1) is 5.92 Å². The molecule has 1 aromatic rings. The van der Waals surface area contributed by atoms with Gasteiger partial charge in [-0.05, 0) is 37.2 Å². The van der Waals surface area contributed by atoms with Gasteiger partial charge in [-0.2, -0.15) is 0 Å². The Hall–Kier alpha value is -1.59. The van der Waals surface area contributed by atoms with Gasteiger partial charge in [-0.1, -0.05) is 37.3 Å². The molecule has 0 saturated carbocycles. The zero-order chi connectivity index (χ0) is 18.5. The summed E-state index contributed by atoms with van der Waals surface area (Å²) in [5.41, 5.74) is 1.37. The zero-order valence-electron chi connectivity index (χ0n) is 16.4. The van der Waals surface area contributed by atoms with Crippen LogP contribution in [0.1, 0.15) is 44.1 Å². The number of hydrogen-bond donors (Lipinski definition) is 2. The topological polar surface area (TPSA) is 54.9 Å². The van der Waals surface area contributed by atoms with Crippen LogP contribution in [0.25, 0.3) is 0 Å². The number of benzene rings is 1. The summed E-state index contributed by atoms with van der Waals surface area (Å²) in [5, 5.41) is 6.82. The van der Waals surface area contributed by atoms with Crippen molar-refractivity contribution in [3.63, 3.8) is 0 Å². The van der Waals surface area contributed by atoms with Crippen LogP contribution >= 0.6 is 0 Å². The van der Waals surface area contributed by atoms with E-state index in [1.54, 1.807) is 0 Å². The van der Waals surface area contributed by atoms with Gasteiger partial charge in [-0.15, -0.1) is 0 Å². The summed E-state index contributed by atoms with van der Waals surface area (Å²) in [4.78, 5) is 4.32. The van der Waals surface area contributed by atoms with Gasteiger partial charge in [0.2, 0.25) is 0 Å². The summed E-state index contributed by atoms with van der Waals surface area (Å²) in [7, 11) is 1.82. The lowest BCUT2D eigenvalue weighted by atomic mass is 9.97. The van der Waals surface area contributed by atoms with E-state index in [1.165, 1.54) is 5.56 Å². The molecular weight excluding hydrogens is 326 g/mol. The highest BCUT2D eigenvalue weighted by Gasteiger charge is 2.13. The van der Waals surface area contributed by atoms with Crippen molar-refractivity contribution in [1.82, 2.24) is 10.6 Å². The molecule has 146 valence electrons. The van der Waals surface area contributed by atoms with E-state index < -0.39 is 0 Å². The van der Waals surface area contributed by atoms with Gasteiger partial charge in [0, 0.05) is 52.5 Å². The molecule has 0 aromatic heterocycles. The van der Waals surface area contributed by atoms with E-state index in [0.29, 0.717) is 11.8 Å². The van der Waals surface area contributed by atoms with Gasteiger partial charge in [-0.25, -0.2) is 0 Å². The quantitative estimate of drug-likeness (QED) is 0.382. The van der Waals surface area contributed by atoms with Gasteiger partial charge in [0.15, 0.2) is 5.96 Å². The molecule has 2 N–H and O–H groups in total. The predicted molar refractivity (Wildman–Crippen MR) is 108 cm³/mol. The first-order valence-corrected chi connectivity index (χ1v) is 9.98. The Bertz CT molecular complexity index is 501. The summed E-state index contributed by atoms with van der Waals surface area (Å²) < 4.78 is 11.2. The molecule has 1 unspecified atom stereocenters. The third-order valence-electron chi connectivity index (χ3n) is 4.96. The van der Waals surface area contributed by atoms with Gasteiger partial charge in [0.05, 0.1) is 0 Å². The lowest BCUT2D eigenvalue weighted by molar-refractivity contribution is 0.0203. The highest BCUT2D eigenvalue weighted by atomic mass is 16.5. The molecule has 0 radical (unpaired) electrons. The molecule has 1 aliphatic rings. The standard InChI is InChI=1S/C21H35N3O2/c1-3-19(20-8-5-4-6-9-20)16-24-21(22-2)23-12-7-13-26-17-18-10-14-25-15-11-18/h4-6,8-9,18-19H,3,7,10-17H2,1-2H3,(H2,22,23,24). The van der Waals surface area contributed by atoms with Gasteiger partial charge in [0.25, 0.3) is 0 Å². The lowest BCUT2D eigenvalue weighted by Crippen LogP contribution is -2.40. The van der Waals surface area contributed by atoms with Crippen molar-refractivity contribution in [3.05, 3.63) is 35.9 Å². The van der Waals surface area contributed by atoms with E-state index in [-0.39, 0.29) is 0 Å². The minimum absolute atomic E-state index is 0.498. The smallest absolute Gasteiger partial charge is 0.190 e. The second-order valence-electron chi connectivity index (χ2n) is 6.88. The van der Waals surface area contributed by atoms with E-state index in [4.69, 9.17) is 9.47 Å². The maximum absolute atomic E-state index is 5.81. The summed E-state index contributed by atoms with van der Waals surface area (Å²) >= 11 is 0. The van der Waals surface area contributed by atoms with Crippen molar-refractivity contribution in [1.29, 1.82) is 0 Å². The zero-order valence-corrected chi connectivity index (χ0v) is 16.4. The average Bonchev–Trinajstić information content (AvgIpc) is 2.71. The van der Waals surface area contributed by atoms with Crippen LogP contribution in [-0.2, 0) is 9.47 Å². The molecule has 26 heavy (non-hydrogen) atoms. The Morgan fingerprint density at radius 1 is 1.23 bits per heavy atom. The number of aliphatic imine (C=N–C) groups is 1. The molecule has 0 spiro atoms. The van der Waals surface area contributed by atoms with Crippen molar-refractivity contribution in [2.45, 2.75) is 38.5 Å². The summed E-state index contributed by atoms with van der Waals surface area (Å²) in [6, 6.07) is 10.7. The number of ether oxygens (including phenoxy) is 2. The van der Waals surface area contributed by atoms with Crippen LogP contribution in [0.5, 0.6) is 0 Å². The molecule has 0 amide bonds. The molecule has 1 saturated heterocycles. The Morgan fingerprint density at radius 2 is 2.00 bits per heavy atom. The van der Waals surface area contributed by atoms with Crippen LogP contribution < -0.4 is 10.6 Å². The van der Waals surface area contributed by atoms with Crippen molar-refractivity contribution in [2.75, 3.05) is 46.6 Å². The van der Waals surface area contributed by atoms with Crippen LogP contribution in [0.2, 0.25) is 0 Å². The fraction of sp³-hybridized carbons (Fsp3) is 0.667. The number of nitrogens with one attached hydrogen (secondary N) is 2. The van der Waals surface area contributed by atoms with E-state index in [0.717, 1.165) is 71.2 Å².